The standard InChI is InChI=1S/C29H36N4O5/c34-26(32-38)12-2-1-3-13-29(37)33(18-27(35)30-24-16-14-20-8-4-6-10-22(20)24)19-28(36)31-25-17-15-21-9-5-7-11-23(21)25/h4-11,24-25,38H,1-3,12-19H2,(H,30,35)(H,31,36)(H,32,34). The highest BCUT2D eigenvalue weighted by Crippen LogP contribution is 2.31. The average Bonchev–Trinajstić information content (AvgIpc) is 3.52. The van der Waals surface area contributed by atoms with Gasteiger partial charge in [0.15, 0.2) is 0 Å². The van der Waals surface area contributed by atoms with Gasteiger partial charge in [0.2, 0.25) is 23.6 Å². The molecule has 2 aliphatic carbocycles. The Balaban J connectivity index is 1.34. The van der Waals surface area contributed by atoms with Crippen molar-refractivity contribution >= 4 is 23.6 Å². The van der Waals surface area contributed by atoms with E-state index in [-0.39, 0.29) is 55.7 Å². The molecule has 4 amide bonds. The van der Waals surface area contributed by atoms with E-state index in [1.165, 1.54) is 16.0 Å². The summed E-state index contributed by atoms with van der Waals surface area (Å²) in [6.45, 7) is -0.391. The Bertz CT molecular complexity index is 1100. The number of carbonyl (C=O) groups is 4. The Hall–Kier alpha value is -3.72. The van der Waals surface area contributed by atoms with Gasteiger partial charge in [0.1, 0.15) is 13.1 Å². The van der Waals surface area contributed by atoms with Crippen LogP contribution in [0.1, 0.15) is 79.3 Å². The lowest BCUT2D eigenvalue weighted by molar-refractivity contribution is -0.139. The number of nitrogens with one attached hydrogen (secondary N) is 3. The number of unbranched alkanes of at least 4 members (excludes halogenated alkanes) is 2. The van der Waals surface area contributed by atoms with Crippen molar-refractivity contribution in [1.29, 1.82) is 0 Å². The molecule has 4 N–H and O–H groups in total. The Kier molecular flexibility index (Phi) is 9.48. The fourth-order valence-electron chi connectivity index (χ4n) is 5.43. The summed E-state index contributed by atoms with van der Waals surface area (Å²) in [5, 5.41) is 14.7. The summed E-state index contributed by atoms with van der Waals surface area (Å²) in [4.78, 5) is 51.6. The van der Waals surface area contributed by atoms with Crippen molar-refractivity contribution in [2.75, 3.05) is 13.1 Å². The summed E-state index contributed by atoms with van der Waals surface area (Å²) in [6.07, 6.45) is 5.40. The quantitative estimate of drug-likeness (QED) is 0.194. The van der Waals surface area contributed by atoms with E-state index < -0.39 is 5.91 Å². The Labute approximate surface area is 222 Å². The van der Waals surface area contributed by atoms with Gasteiger partial charge >= 0.3 is 0 Å². The van der Waals surface area contributed by atoms with E-state index in [4.69, 9.17) is 5.21 Å². The number of hydrogen-bond acceptors (Lipinski definition) is 5. The molecule has 4 rings (SSSR count). The Morgan fingerprint density at radius 2 is 1.21 bits per heavy atom. The number of rotatable bonds is 12. The zero-order valence-corrected chi connectivity index (χ0v) is 21.6. The first-order valence-electron chi connectivity index (χ1n) is 13.4. The number of carbonyl (C=O) groups excluding carboxylic acids is 4. The van der Waals surface area contributed by atoms with Crippen molar-refractivity contribution in [2.45, 2.75) is 69.9 Å². The van der Waals surface area contributed by atoms with Gasteiger partial charge in [-0.2, -0.15) is 0 Å². The fraction of sp³-hybridized carbons (Fsp3) is 0.448. The number of fused-ring (bicyclic) bond motifs is 2. The lowest BCUT2D eigenvalue weighted by Gasteiger charge is -2.24. The van der Waals surface area contributed by atoms with Gasteiger partial charge < -0.3 is 15.5 Å². The topological polar surface area (TPSA) is 128 Å². The van der Waals surface area contributed by atoms with Gasteiger partial charge in [0.05, 0.1) is 12.1 Å². The molecule has 0 spiro atoms. The minimum absolute atomic E-state index is 0.0999. The van der Waals surface area contributed by atoms with E-state index in [0.717, 1.165) is 36.8 Å². The van der Waals surface area contributed by atoms with Gasteiger partial charge in [-0.3, -0.25) is 24.4 Å². The summed E-state index contributed by atoms with van der Waals surface area (Å²) < 4.78 is 0. The van der Waals surface area contributed by atoms with E-state index in [1.807, 2.05) is 36.4 Å². The molecule has 0 aromatic heterocycles. The van der Waals surface area contributed by atoms with Gasteiger partial charge in [-0.15, -0.1) is 0 Å². The molecule has 0 radical (unpaired) electrons. The molecule has 0 heterocycles. The fourth-order valence-corrected chi connectivity index (χ4v) is 5.43. The molecule has 0 bridgehead atoms. The molecular formula is C29H36N4O5. The third-order valence-electron chi connectivity index (χ3n) is 7.38. The van der Waals surface area contributed by atoms with Crippen molar-refractivity contribution in [3.05, 3.63) is 70.8 Å². The zero-order valence-electron chi connectivity index (χ0n) is 21.6. The van der Waals surface area contributed by atoms with E-state index in [2.05, 4.69) is 22.8 Å². The molecule has 2 unspecified atom stereocenters. The Morgan fingerprint density at radius 1 is 0.711 bits per heavy atom. The molecule has 0 fully saturated rings. The summed E-state index contributed by atoms with van der Waals surface area (Å²) in [7, 11) is 0. The van der Waals surface area contributed by atoms with E-state index in [0.29, 0.717) is 19.3 Å². The second-order valence-corrected chi connectivity index (χ2v) is 10.1. The van der Waals surface area contributed by atoms with Crippen LogP contribution in [-0.2, 0) is 32.0 Å². The lowest BCUT2D eigenvalue weighted by atomic mass is 10.1. The average molecular weight is 521 g/mol. The van der Waals surface area contributed by atoms with Crippen LogP contribution in [0.3, 0.4) is 0 Å². The first-order chi connectivity index (χ1) is 18.4. The Morgan fingerprint density at radius 3 is 1.74 bits per heavy atom. The van der Waals surface area contributed by atoms with Gasteiger partial charge in [-0.25, -0.2) is 5.48 Å². The van der Waals surface area contributed by atoms with Crippen LogP contribution in [0.2, 0.25) is 0 Å². The molecule has 2 atom stereocenters. The number of aryl methyl sites for hydroxylation is 2. The summed E-state index contributed by atoms with van der Waals surface area (Å²) >= 11 is 0. The van der Waals surface area contributed by atoms with Gasteiger partial charge in [-0.05, 0) is 60.8 Å². The van der Waals surface area contributed by atoms with Crippen LogP contribution in [0, 0.1) is 0 Å². The zero-order chi connectivity index (χ0) is 26.9. The molecule has 202 valence electrons. The smallest absolute Gasteiger partial charge is 0.243 e. The molecule has 9 nitrogen and oxygen atoms in total. The summed E-state index contributed by atoms with van der Waals surface area (Å²) in [6, 6.07) is 15.8. The number of amides is 4. The summed E-state index contributed by atoms with van der Waals surface area (Å²) in [5.74, 6) is -1.33. The number of nitrogens with zero attached hydrogens (tertiary/aromatic N) is 1. The maximum absolute atomic E-state index is 13.1. The second kappa shape index (κ2) is 13.2. The molecule has 0 saturated heterocycles. The molecule has 0 aliphatic heterocycles. The van der Waals surface area contributed by atoms with Crippen molar-refractivity contribution in [1.82, 2.24) is 21.0 Å². The van der Waals surface area contributed by atoms with Crippen LogP contribution in [-0.4, -0.2) is 46.8 Å². The van der Waals surface area contributed by atoms with Gasteiger partial charge in [0, 0.05) is 12.8 Å². The van der Waals surface area contributed by atoms with Crippen molar-refractivity contribution in [3.8, 4) is 0 Å². The number of benzene rings is 2. The maximum atomic E-state index is 13.1. The van der Waals surface area contributed by atoms with Crippen LogP contribution in [0.5, 0.6) is 0 Å². The van der Waals surface area contributed by atoms with Crippen LogP contribution in [0.15, 0.2) is 48.5 Å². The van der Waals surface area contributed by atoms with E-state index >= 15 is 0 Å². The van der Waals surface area contributed by atoms with Crippen molar-refractivity contribution in [3.63, 3.8) is 0 Å². The highest BCUT2D eigenvalue weighted by atomic mass is 16.5. The number of hydroxylamine groups is 1. The molecule has 9 heteroatoms. The van der Waals surface area contributed by atoms with Crippen LogP contribution < -0.4 is 16.1 Å². The third kappa shape index (κ3) is 7.19. The van der Waals surface area contributed by atoms with E-state index in [1.54, 1.807) is 5.48 Å². The molecule has 2 aromatic rings. The van der Waals surface area contributed by atoms with E-state index in [9.17, 15) is 19.2 Å². The lowest BCUT2D eigenvalue weighted by Crippen LogP contribution is -2.46. The highest BCUT2D eigenvalue weighted by Gasteiger charge is 2.28. The van der Waals surface area contributed by atoms with Crippen LogP contribution >= 0.6 is 0 Å². The normalized spacial score (nSPS) is 17.3. The first-order valence-corrected chi connectivity index (χ1v) is 13.4. The van der Waals surface area contributed by atoms with Crippen molar-refractivity contribution < 1.29 is 24.4 Å². The minimum atomic E-state index is -0.465. The van der Waals surface area contributed by atoms with Crippen LogP contribution in [0.25, 0.3) is 0 Å². The van der Waals surface area contributed by atoms with Gasteiger partial charge in [-0.1, -0.05) is 55.0 Å². The molecule has 38 heavy (non-hydrogen) atoms. The third-order valence-corrected chi connectivity index (χ3v) is 7.38. The highest BCUT2D eigenvalue weighted by molar-refractivity contribution is 5.89. The molecule has 2 aliphatic rings. The first kappa shape index (κ1) is 27.3. The second-order valence-electron chi connectivity index (χ2n) is 10.1. The summed E-state index contributed by atoms with van der Waals surface area (Å²) in [5.41, 5.74) is 6.23. The monoisotopic (exact) mass is 520 g/mol. The predicted octanol–water partition coefficient (Wildman–Crippen LogP) is 2.88. The van der Waals surface area contributed by atoms with Crippen LogP contribution in [0.4, 0.5) is 0 Å². The minimum Gasteiger partial charge on any atom is -0.348 e. The largest absolute Gasteiger partial charge is 0.348 e. The van der Waals surface area contributed by atoms with Gasteiger partial charge in [0.25, 0.3) is 0 Å². The SMILES string of the molecule is O=C(CCCCCC(=O)N(CC(=O)NC1CCc2ccccc21)CC(=O)NC1CCc2ccccc21)NO. The predicted molar refractivity (Wildman–Crippen MR) is 141 cm³/mol. The molecular weight excluding hydrogens is 484 g/mol. The molecule has 2 aromatic carbocycles. The number of hydrogen-bond donors (Lipinski definition) is 4. The molecule has 0 saturated carbocycles. The van der Waals surface area contributed by atoms with Crippen molar-refractivity contribution in [2.24, 2.45) is 0 Å². The maximum Gasteiger partial charge on any atom is 0.243 e.